The molecule has 9 heteroatoms. The Bertz CT molecular complexity index is 1030. The quantitative estimate of drug-likeness (QED) is 0.724. The number of ether oxygens (including phenoxy) is 1. The number of amides is 2. The second-order valence-corrected chi connectivity index (χ2v) is 7.88. The minimum absolute atomic E-state index is 0.0302. The molecule has 2 aliphatic rings. The van der Waals surface area contributed by atoms with Crippen LogP contribution in [0.4, 0.5) is 18.9 Å². The van der Waals surface area contributed by atoms with E-state index >= 15 is 0 Å². The van der Waals surface area contributed by atoms with E-state index in [0.717, 1.165) is 12.1 Å². The first-order chi connectivity index (χ1) is 14.6. The Hall–Kier alpha value is -3.07. The van der Waals surface area contributed by atoms with Crippen LogP contribution in [0.5, 0.6) is 5.75 Å². The molecule has 0 saturated carbocycles. The third-order valence-corrected chi connectivity index (χ3v) is 5.82. The van der Waals surface area contributed by atoms with Gasteiger partial charge < -0.3 is 20.1 Å². The molecule has 0 radical (unpaired) electrons. The highest BCUT2D eigenvalue weighted by Gasteiger charge is 2.55. The zero-order valence-electron chi connectivity index (χ0n) is 16.6. The normalized spacial score (nSPS) is 24.9. The number of likely N-dealkylation sites (tertiary alicyclic amines) is 1. The standard InChI is InChI=1S/C22H21F3N2O4/c1-21-12-16(15-7-2-3-8-17(15)31-21)18(20(30)27(21)9-10-28)19(29)26-14-6-4-5-13(11-14)22(23,24)25/h2-8,11,16,18,28H,9-10,12H2,1H3,(H,26,29)/t16-,18+,21+/m0/s1. The van der Waals surface area contributed by atoms with E-state index in [2.05, 4.69) is 5.32 Å². The Kier molecular flexibility index (Phi) is 5.17. The Morgan fingerprint density at radius 2 is 2.00 bits per heavy atom. The summed E-state index contributed by atoms with van der Waals surface area (Å²) in [5, 5.41) is 11.9. The number of hydrogen-bond acceptors (Lipinski definition) is 4. The highest BCUT2D eigenvalue weighted by atomic mass is 19.4. The lowest BCUT2D eigenvalue weighted by Gasteiger charge is -2.52. The second-order valence-electron chi connectivity index (χ2n) is 7.88. The molecule has 2 heterocycles. The molecule has 2 N–H and O–H groups in total. The maximum absolute atomic E-state index is 13.3. The average Bonchev–Trinajstić information content (AvgIpc) is 2.70. The van der Waals surface area contributed by atoms with Gasteiger partial charge in [-0.1, -0.05) is 24.3 Å². The summed E-state index contributed by atoms with van der Waals surface area (Å²) < 4.78 is 45.1. The van der Waals surface area contributed by atoms with Crippen molar-refractivity contribution in [1.29, 1.82) is 0 Å². The van der Waals surface area contributed by atoms with E-state index in [9.17, 15) is 27.9 Å². The lowest BCUT2D eigenvalue weighted by atomic mass is 9.73. The highest BCUT2D eigenvalue weighted by Crippen LogP contribution is 2.50. The molecule has 4 rings (SSSR count). The summed E-state index contributed by atoms with van der Waals surface area (Å²) in [4.78, 5) is 27.8. The number of carbonyl (C=O) groups is 2. The third kappa shape index (κ3) is 3.74. The molecule has 0 unspecified atom stereocenters. The van der Waals surface area contributed by atoms with Gasteiger partial charge in [-0.3, -0.25) is 9.59 Å². The fraction of sp³-hybridized carbons (Fsp3) is 0.364. The summed E-state index contributed by atoms with van der Waals surface area (Å²) in [6.45, 7) is 1.38. The van der Waals surface area contributed by atoms with Crippen molar-refractivity contribution in [2.24, 2.45) is 5.92 Å². The van der Waals surface area contributed by atoms with Crippen LogP contribution in [-0.2, 0) is 15.8 Å². The van der Waals surface area contributed by atoms with Crippen molar-refractivity contribution in [2.45, 2.75) is 31.2 Å². The number of fused-ring (bicyclic) bond motifs is 4. The summed E-state index contributed by atoms with van der Waals surface area (Å²) in [5.74, 6) is -2.38. The number of rotatable bonds is 4. The fourth-order valence-electron chi connectivity index (χ4n) is 4.45. The number of halogens is 3. The number of aliphatic hydroxyl groups excluding tert-OH is 1. The Morgan fingerprint density at radius 3 is 2.71 bits per heavy atom. The van der Waals surface area contributed by atoms with Gasteiger partial charge in [0, 0.05) is 24.6 Å². The molecule has 0 aliphatic carbocycles. The smallest absolute Gasteiger partial charge is 0.416 e. The van der Waals surface area contributed by atoms with Crippen molar-refractivity contribution in [3.8, 4) is 5.75 Å². The van der Waals surface area contributed by atoms with Crippen LogP contribution >= 0.6 is 0 Å². The van der Waals surface area contributed by atoms with Crippen LogP contribution in [0.1, 0.15) is 30.4 Å². The van der Waals surface area contributed by atoms with E-state index in [1.54, 1.807) is 31.2 Å². The first-order valence-corrected chi connectivity index (χ1v) is 9.82. The number of piperidine rings is 1. The van der Waals surface area contributed by atoms with Gasteiger partial charge in [0.05, 0.1) is 12.2 Å². The molecule has 3 atom stereocenters. The summed E-state index contributed by atoms with van der Waals surface area (Å²) in [7, 11) is 0. The van der Waals surface area contributed by atoms with Gasteiger partial charge in [-0.2, -0.15) is 13.2 Å². The molecule has 2 bridgehead atoms. The summed E-state index contributed by atoms with van der Waals surface area (Å²) in [5.41, 5.74) is -1.28. The number of anilines is 1. The number of carbonyl (C=O) groups excluding carboxylic acids is 2. The van der Waals surface area contributed by atoms with Crippen molar-refractivity contribution in [1.82, 2.24) is 4.90 Å². The second kappa shape index (κ2) is 7.56. The van der Waals surface area contributed by atoms with E-state index in [0.29, 0.717) is 17.7 Å². The minimum Gasteiger partial charge on any atom is -0.468 e. The van der Waals surface area contributed by atoms with Gasteiger partial charge in [-0.15, -0.1) is 0 Å². The first kappa shape index (κ1) is 21.2. The van der Waals surface area contributed by atoms with E-state index in [-0.39, 0.29) is 18.8 Å². The molecular weight excluding hydrogens is 413 g/mol. The van der Waals surface area contributed by atoms with Crippen LogP contribution < -0.4 is 10.1 Å². The molecule has 2 aromatic carbocycles. The molecule has 2 amide bonds. The third-order valence-electron chi connectivity index (χ3n) is 5.82. The topological polar surface area (TPSA) is 78.9 Å². The Morgan fingerprint density at radius 1 is 1.26 bits per heavy atom. The van der Waals surface area contributed by atoms with Gasteiger partial charge in [0.25, 0.3) is 0 Å². The summed E-state index contributed by atoms with van der Waals surface area (Å²) in [6, 6.07) is 11.3. The van der Waals surface area contributed by atoms with Crippen molar-refractivity contribution >= 4 is 17.5 Å². The molecule has 2 aliphatic heterocycles. The maximum Gasteiger partial charge on any atom is 0.416 e. The molecule has 6 nitrogen and oxygen atoms in total. The molecule has 31 heavy (non-hydrogen) atoms. The van der Waals surface area contributed by atoms with E-state index < -0.39 is 41.1 Å². The number of nitrogens with zero attached hydrogens (tertiary/aromatic N) is 1. The van der Waals surface area contributed by atoms with Gasteiger partial charge in [-0.05, 0) is 36.8 Å². The van der Waals surface area contributed by atoms with E-state index in [1.165, 1.54) is 17.0 Å². The number of benzene rings is 2. The van der Waals surface area contributed by atoms with Crippen LogP contribution in [-0.4, -0.2) is 40.7 Å². The van der Waals surface area contributed by atoms with Gasteiger partial charge in [-0.25, -0.2) is 0 Å². The molecule has 1 saturated heterocycles. The molecular formula is C22H21F3N2O4. The van der Waals surface area contributed by atoms with Gasteiger partial charge >= 0.3 is 6.18 Å². The molecule has 0 spiro atoms. The molecule has 2 aromatic rings. The predicted molar refractivity (Wildman–Crippen MR) is 105 cm³/mol. The zero-order valence-corrected chi connectivity index (χ0v) is 16.6. The SMILES string of the molecule is C[C@]12C[C@@H](c3ccccc3O1)[C@H](C(=O)Nc1cccc(C(F)(F)F)c1)C(=O)N2CCO. The van der Waals surface area contributed by atoms with Crippen LogP contribution in [0.15, 0.2) is 48.5 Å². The number of β-amino-alcohol motifs (C(OH)–C–C–N with tert-alkyl or cyclic N) is 1. The largest absolute Gasteiger partial charge is 0.468 e. The predicted octanol–water partition coefficient (Wildman–Crippen LogP) is 3.38. The monoisotopic (exact) mass is 434 g/mol. The van der Waals surface area contributed by atoms with Gasteiger partial charge in [0.15, 0.2) is 5.72 Å². The molecule has 0 aromatic heterocycles. The Labute approximate surface area is 176 Å². The van der Waals surface area contributed by atoms with Crippen molar-refractivity contribution in [3.63, 3.8) is 0 Å². The van der Waals surface area contributed by atoms with Crippen molar-refractivity contribution in [3.05, 3.63) is 59.7 Å². The molecule has 1 fully saturated rings. The lowest BCUT2D eigenvalue weighted by molar-refractivity contribution is -0.176. The van der Waals surface area contributed by atoms with Crippen LogP contribution in [0.2, 0.25) is 0 Å². The highest BCUT2D eigenvalue weighted by molar-refractivity contribution is 6.08. The van der Waals surface area contributed by atoms with Gasteiger partial charge in [0.2, 0.25) is 11.8 Å². The summed E-state index contributed by atoms with van der Waals surface area (Å²) in [6.07, 6.45) is -4.24. The number of nitrogens with one attached hydrogen (secondary N) is 1. The van der Waals surface area contributed by atoms with Crippen molar-refractivity contribution in [2.75, 3.05) is 18.5 Å². The van der Waals surface area contributed by atoms with E-state index in [4.69, 9.17) is 4.74 Å². The number of aliphatic hydroxyl groups is 1. The zero-order chi connectivity index (χ0) is 22.4. The van der Waals surface area contributed by atoms with Crippen LogP contribution in [0, 0.1) is 5.92 Å². The number of alkyl halides is 3. The fourth-order valence-corrected chi connectivity index (χ4v) is 4.45. The van der Waals surface area contributed by atoms with Crippen LogP contribution in [0.25, 0.3) is 0 Å². The van der Waals surface area contributed by atoms with Crippen molar-refractivity contribution < 1.29 is 32.6 Å². The van der Waals surface area contributed by atoms with E-state index in [1.807, 2.05) is 0 Å². The maximum atomic E-state index is 13.3. The first-order valence-electron chi connectivity index (χ1n) is 9.82. The average molecular weight is 434 g/mol. The van der Waals surface area contributed by atoms with Gasteiger partial charge in [0.1, 0.15) is 11.7 Å². The number of para-hydroxylation sites is 1. The number of hydrogen-bond donors (Lipinski definition) is 2. The lowest BCUT2D eigenvalue weighted by Crippen LogP contribution is -2.64. The summed E-state index contributed by atoms with van der Waals surface area (Å²) >= 11 is 0. The minimum atomic E-state index is -4.55. The Balaban J connectivity index is 1.70. The molecule has 164 valence electrons. The van der Waals surface area contributed by atoms with Crippen LogP contribution in [0.3, 0.4) is 0 Å².